The summed E-state index contributed by atoms with van der Waals surface area (Å²) in [7, 11) is -3.23. The maximum absolute atomic E-state index is 12.3. The topological polar surface area (TPSA) is 63.2 Å². The van der Waals surface area contributed by atoms with E-state index in [9.17, 15) is 13.2 Å². The maximum Gasteiger partial charge on any atom is 0.220 e. The lowest BCUT2D eigenvalue weighted by Gasteiger charge is -2.18. The van der Waals surface area contributed by atoms with Gasteiger partial charge in [0.15, 0.2) is 9.84 Å². The number of carbonyl (C=O) groups excluding carboxylic acids is 1. The predicted molar refractivity (Wildman–Crippen MR) is 106 cm³/mol. The van der Waals surface area contributed by atoms with Crippen LogP contribution in [0, 0.1) is 0 Å². The van der Waals surface area contributed by atoms with E-state index in [0.29, 0.717) is 22.9 Å². The van der Waals surface area contributed by atoms with E-state index in [4.69, 9.17) is 23.2 Å². The van der Waals surface area contributed by atoms with Crippen LogP contribution in [0.4, 0.5) is 0 Å². The molecule has 7 heteroatoms. The van der Waals surface area contributed by atoms with Gasteiger partial charge in [0.05, 0.1) is 10.9 Å². The van der Waals surface area contributed by atoms with E-state index in [-0.39, 0.29) is 23.3 Å². The zero-order valence-corrected chi connectivity index (χ0v) is 17.0. The van der Waals surface area contributed by atoms with Crippen molar-refractivity contribution in [2.45, 2.75) is 37.1 Å². The van der Waals surface area contributed by atoms with Crippen molar-refractivity contribution in [3.8, 4) is 0 Å². The van der Waals surface area contributed by atoms with Gasteiger partial charge in [-0.25, -0.2) is 8.42 Å². The molecule has 0 fully saturated rings. The summed E-state index contributed by atoms with van der Waals surface area (Å²) in [4.78, 5) is 12.6. The Kier molecular flexibility index (Phi) is 7.09. The van der Waals surface area contributed by atoms with Crippen LogP contribution < -0.4 is 5.32 Å². The minimum absolute atomic E-state index is 0.111. The van der Waals surface area contributed by atoms with Crippen molar-refractivity contribution in [2.75, 3.05) is 6.26 Å². The Morgan fingerprint density at radius 2 is 1.65 bits per heavy atom. The van der Waals surface area contributed by atoms with Gasteiger partial charge in [0.2, 0.25) is 5.91 Å². The summed E-state index contributed by atoms with van der Waals surface area (Å²) < 4.78 is 23.1. The van der Waals surface area contributed by atoms with Crippen molar-refractivity contribution < 1.29 is 13.2 Å². The Morgan fingerprint density at radius 1 is 1.08 bits per heavy atom. The molecule has 0 aliphatic heterocycles. The van der Waals surface area contributed by atoms with Crippen molar-refractivity contribution in [3.05, 3.63) is 63.6 Å². The van der Waals surface area contributed by atoms with Crippen LogP contribution in [0.15, 0.2) is 47.4 Å². The lowest BCUT2D eigenvalue weighted by atomic mass is 10.0. The Morgan fingerprint density at radius 3 is 2.15 bits per heavy atom. The highest BCUT2D eigenvalue weighted by Gasteiger charge is 2.15. The molecule has 1 N–H and O–H groups in total. The number of hydrogen-bond donors (Lipinski definition) is 1. The Labute approximate surface area is 164 Å². The Balaban J connectivity index is 2.02. The fourth-order valence-corrected chi connectivity index (χ4v) is 3.86. The fourth-order valence-electron chi connectivity index (χ4n) is 2.64. The summed E-state index contributed by atoms with van der Waals surface area (Å²) in [5, 5.41) is 4.08. The van der Waals surface area contributed by atoms with E-state index in [0.717, 1.165) is 11.1 Å². The monoisotopic (exact) mass is 413 g/mol. The van der Waals surface area contributed by atoms with Crippen LogP contribution in [0.2, 0.25) is 10.0 Å². The van der Waals surface area contributed by atoms with Gasteiger partial charge in [0.25, 0.3) is 0 Å². The molecule has 1 unspecified atom stereocenters. The third-order valence-electron chi connectivity index (χ3n) is 4.12. The zero-order valence-electron chi connectivity index (χ0n) is 14.6. The number of halogens is 2. The van der Waals surface area contributed by atoms with Crippen molar-refractivity contribution >= 4 is 38.9 Å². The van der Waals surface area contributed by atoms with E-state index in [1.807, 2.05) is 6.92 Å². The molecule has 2 rings (SSSR count). The number of carbonyl (C=O) groups is 1. The summed E-state index contributed by atoms with van der Waals surface area (Å²) in [6, 6.07) is 11.7. The third-order valence-corrected chi connectivity index (χ3v) is 5.95. The smallest absolute Gasteiger partial charge is 0.220 e. The second-order valence-electron chi connectivity index (χ2n) is 6.07. The highest BCUT2D eigenvalue weighted by molar-refractivity contribution is 7.90. The molecule has 0 saturated carbocycles. The van der Waals surface area contributed by atoms with Gasteiger partial charge in [-0.2, -0.15) is 0 Å². The molecule has 0 aliphatic carbocycles. The first kappa shape index (κ1) is 20.7. The van der Waals surface area contributed by atoms with Crippen molar-refractivity contribution in [3.63, 3.8) is 0 Å². The number of rotatable bonds is 7. The summed E-state index contributed by atoms with van der Waals surface area (Å²) in [5.74, 6) is -0.111. The standard InChI is InChI=1S/C19H21Cl2NO3S/c1-3-18(13-7-9-14(10-8-13)26(2,24)25)22-19(23)12-11-15-16(20)5-4-6-17(15)21/h4-10,18H,3,11-12H2,1-2H3,(H,22,23). The first-order chi connectivity index (χ1) is 12.2. The van der Waals surface area contributed by atoms with Crippen LogP contribution in [-0.4, -0.2) is 20.6 Å². The quantitative estimate of drug-likeness (QED) is 0.721. The second-order valence-corrected chi connectivity index (χ2v) is 8.90. The average molecular weight is 414 g/mol. The van der Waals surface area contributed by atoms with Gasteiger partial charge >= 0.3 is 0 Å². The number of nitrogens with one attached hydrogen (secondary N) is 1. The van der Waals surface area contributed by atoms with E-state index < -0.39 is 9.84 Å². The van der Waals surface area contributed by atoms with E-state index in [2.05, 4.69) is 5.32 Å². The second kappa shape index (κ2) is 8.89. The summed E-state index contributed by atoms with van der Waals surface area (Å²) in [5.41, 5.74) is 1.63. The predicted octanol–water partition coefficient (Wildman–Crippen LogP) is 4.60. The van der Waals surface area contributed by atoms with Crippen LogP contribution in [0.3, 0.4) is 0 Å². The summed E-state index contributed by atoms with van der Waals surface area (Å²) >= 11 is 12.3. The molecule has 140 valence electrons. The molecule has 2 aromatic rings. The van der Waals surface area contributed by atoms with Crippen molar-refractivity contribution in [1.29, 1.82) is 0 Å². The molecule has 0 aromatic heterocycles. The number of amides is 1. The molecule has 0 aliphatic rings. The largest absolute Gasteiger partial charge is 0.349 e. The zero-order chi connectivity index (χ0) is 19.3. The van der Waals surface area contributed by atoms with Crippen LogP contribution in [0.25, 0.3) is 0 Å². The number of hydrogen-bond acceptors (Lipinski definition) is 3. The van der Waals surface area contributed by atoms with E-state index >= 15 is 0 Å². The van der Waals surface area contributed by atoms with Gasteiger partial charge in [0.1, 0.15) is 0 Å². The molecule has 0 bridgehead atoms. The maximum atomic E-state index is 12.3. The van der Waals surface area contributed by atoms with Crippen LogP contribution in [0.5, 0.6) is 0 Å². The summed E-state index contributed by atoms with van der Waals surface area (Å²) in [6.07, 6.45) is 2.58. The lowest BCUT2D eigenvalue weighted by Crippen LogP contribution is -2.28. The van der Waals surface area contributed by atoms with Crippen molar-refractivity contribution in [2.24, 2.45) is 0 Å². The molecule has 4 nitrogen and oxygen atoms in total. The molecular weight excluding hydrogens is 393 g/mol. The van der Waals surface area contributed by atoms with E-state index in [1.165, 1.54) is 6.26 Å². The van der Waals surface area contributed by atoms with Gasteiger partial charge in [-0.05, 0) is 48.2 Å². The van der Waals surface area contributed by atoms with Crippen LogP contribution in [-0.2, 0) is 21.1 Å². The van der Waals surface area contributed by atoms with E-state index in [1.54, 1.807) is 42.5 Å². The molecule has 26 heavy (non-hydrogen) atoms. The average Bonchev–Trinajstić information content (AvgIpc) is 2.58. The highest BCUT2D eigenvalue weighted by Crippen LogP contribution is 2.26. The molecule has 0 spiro atoms. The fraction of sp³-hybridized carbons (Fsp3) is 0.316. The van der Waals surface area contributed by atoms with Gasteiger partial charge < -0.3 is 5.32 Å². The molecule has 1 amide bonds. The van der Waals surface area contributed by atoms with Crippen molar-refractivity contribution in [1.82, 2.24) is 5.32 Å². The molecule has 1 atom stereocenters. The highest BCUT2D eigenvalue weighted by atomic mass is 35.5. The van der Waals surface area contributed by atoms with Gasteiger partial charge in [-0.15, -0.1) is 0 Å². The van der Waals surface area contributed by atoms with Gasteiger partial charge in [-0.1, -0.05) is 48.3 Å². The minimum atomic E-state index is -3.23. The SMILES string of the molecule is CCC(NC(=O)CCc1c(Cl)cccc1Cl)c1ccc(S(C)(=O)=O)cc1. The first-order valence-corrected chi connectivity index (χ1v) is 10.9. The third kappa shape index (κ3) is 5.47. The molecule has 0 radical (unpaired) electrons. The molecule has 0 saturated heterocycles. The minimum Gasteiger partial charge on any atom is -0.349 e. The number of benzene rings is 2. The van der Waals surface area contributed by atoms with Gasteiger partial charge in [0, 0.05) is 22.7 Å². The first-order valence-electron chi connectivity index (χ1n) is 8.24. The van der Waals surface area contributed by atoms with Crippen LogP contribution >= 0.6 is 23.2 Å². The number of sulfone groups is 1. The molecular formula is C19H21Cl2NO3S. The summed E-state index contributed by atoms with van der Waals surface area (Å²) in [6.45, 7) is 1.96. The Bertz CT molecular complexity index is 860. The molecule has 0 heterocycles. The van der Waals surface area contributed by atoms with Gasteiger partial charge in [-0.3, -0.25) is 4.79 Å². The molecule has 2 aromatic carbocycles. The van der Waals surface area contributed by atoms with Crippen LogP contribution in [0.1, 0.15) is 36.9 Å². The normalized spacial score (nSPS) is 12.6. The Hall–Kier alpha value is -1.56. The lowest BCUT2D eigenvalue weighted by molar-refractivity contribution is -0.121.